The number of amides is 6. The third kappa shape index (κ3) is 7.31. The maximum absolute atomic E-state index is 13.5. The normalized spacial score (nSPS) is 19.0. The number of ether oxygens (including phenoxy) is 2. The monoisotopic (exact) mass is 932 g/mol. The fourth-order valence-electron chi connectivity index (χ4n) is 9.38. The molecule has 2 saturated heterocycles. The molecule has 3 fully saturated rings. The van der Waals surface area contributed by atoms with E-state index in [2.05, 4.69) is 30.6 Å². The molecule has 1 saturated carbocycles. The third-order valence-electron chi connectivity index (χ3n) is 13.1. The van der Waals surface area contributed by atoms with E-state index >= 15 is 0 Å². The zero-order chi connectivity index (χ0) is 48.6. The van der Waals surface area contributed by atoms with Crippen molar-refractivity contribution in [3.8, 4) is 23.0 Å². The molecule has 352 valence electrons. The number of nitrogens with zero attached hydrogens (tertiary/aromatic N) is 10. The Kier molecular flexibility index (Phi) is 11.2. The lowest BCUT2D eigenvalue weighted by atomic mass is 9.61. The fourth-order valence-corrected chi connectivity index (χ4v) is 9.38. The summed E-state index contributed by atoms with van der Waals surface area (Å²) in [5.74, 6) is -5.97. The first-order chi connectivity index (χ1) is 32.4. The van der Waals surface area contributed by atoms with Gasteiger partial charge in [0.15, 0.2) is 23.0 Å². The highest BCUT2D eigenvalue weighted by Gasteiger charge is 2.67. The van der Waals surface area contributed by atoms with Gasteiger partial charge in [0, 0.05) is 13.1 Å². The lowest BCUT2D eigenvalue weighted by Gasteiger charge is -2.60. The quantitative estimate of drug-likeness (QED) is 0.116. The Morgan fingerprint density at radius 2 is 0.912 bits per heavy atom. The second-order valence-corrected chi connectivity index (χ2v) is 16.9. The maximum atomic E-state index is 13.5. The van der Waals surface area contributed by atoms with Gasteiger partial charge in [0.1, 0.15) is 26.3 Å². The molecule has 6 heterocycles. The minimum atomic E-state index is -1.23. The van der Waals surface area contributed by atoms with Gasteiger partial charge in [-0.2, -0.15) is 9.97 Å². The summed E-state index contributed by atoms with van der Waals surface area (Å²) in [6.07, 6.45) is 0. The Balaban J connectivity index is 0.921. The summed E-state index contributed by atoms with van der Waals surface area (Å²) in [6, 6.07) is 2.71. The van der Waals surface area contributed by atoms with Crippen molar-refractivity contribution in [2.24, 2.45) is 11.8 Å². The standard InChI is InChI=1S/C44H44N12O12/c1-7-51-39(61)31-35(47-41(51)63)53(25-15-21(5)19(3)13-23(25)45-31)9-11-67-27(57)17-55-33-29(37(59)49-43(55)65)30-34(33)56(44(66)50-38(30)60)18-28(58)68-12-10-54-26-16-22(6)20(4)14-24(26)46-32-36(54)48-42(64)52(8-2)40(32)62/h13-16,29-30,33-34H,7-12,17-18H2,1-6H3,(H,49,59,65)(H,50,60,66)/t29-,30-,33-,34-/m1/s1. The van der Waals surface area contributed by atoms with Crippen molar-refractivity contribution in [1.29, 1.82) is 0 Å². The Labute approximate surface area is 383 Å². The number of carbonyl (C=O) groups excluding carboxylic acids is 6. The molecule has 0 aromatic heterocycles. The van der Waals surface area contributed by atoms with Crippen molar-refractivity contribution in [2.45, 2.75) is 79.8 Å². The van der Waals surface area contributed by atoms with Crippen LogP contribution in [0.15, 0.2) is 43.4 Å². The molecule has 0 radical (unpaired) electrons. The van der Waals surface area contributed by atoms with Crippen molar-refractivity contribution in [1.82, 2.24) is 58.6 Å². The lowest BCUT2D eigenvalue weighted by Crippen LogP contribution is -2.83. The summed E-state index contributed by atoms with van der Waals surface area (Å²) in [6.45, 7) is 8.54. The van der Waals surface area contributed by atoms with Crippen molar-refractivity contribution >= 4 is 57.9 Å². The molecule has 0 unspecified atom stereocenters. The van der Waals surface area contributed by atoms with Gasteiger partial charge in [-0.25, -0.2) is 29.1 Å². The van der Waals surface area contributed by atoms with E-state index in [1.807, 2.05) is 27.7 Å². The first-order valence-electron chi connectivity index (χ1n) is 21.8. The lowest BCUT2D eigenvalue weighted by molar-refractivity contribution is -0.168. The molecular formula is C44H44N12O12. The van der Waals surface area contributed by atoms with Gasteiger partial charge in [-0.1, -0.05) is 0 Å². The van der Waals surface area contributed by atoms with Crippen LogP contribution in [0, 0.1) is 39.5 Å². The molecule has 9 rings (SSSR count). The molecule has 6 amide bonds. The van der Waals surface area contributed by atoms with Crippen LogP contribution in [-0.2, 0) is 54.8 Å². The maximum Gasteiger partial charge on any atom is 0.352 e. The predicted octanol–water partition coefficient (Wildman–Crippen LogP) is -0.424. The molecule has 6 aliphatic heterocycles. The number of rotatable bonds is 12. The second kappa shape index (κ2) is 16.9. The number of hydrogen-bond donors (Lipinski definition) is 2. The third-order valence-corrected chi connectivity index (χ3v) is 13.1. The van der Waals surface area contributed by atoms with Crippen LogP contribution in [0.2, 0.25) is 0 Å². The summed E-state index contributed by atoms with van der Waals surface area (Å²) in [5.41, 5.74) is 2.48. The van der Waals surface area contributed by atoms with Gasteiger partial charge in [0.05, 0.1) is 59.1 Å². The van der Waals surface area contributed by atoms with Gasteiger partial charge in [-0.3, -0.25) is 48.5 Å². The van der Waals surface area contributed by atoms with Crippen LogP contribution in [0.4, 0.5) is 9.59 Å². The number of urea groups is 2. The van der Waals surface area contributed by atoms with E-state index in [-0.39, 0.29) is 62.4 Å². The zero-order valence-corrected chi connectivity index (χ0v) is 37.6. The summed E-state index contributed by atoms with van der Waals surface area (Å²) in [4.78, 5) is 152. The van der Waals surface area contributed by atoms with Gasteiger partial charge in [-0.05, 0) is 88.1 Å². The van der Waals surface area contributed by atoms with Crippen LogP contribution in [0.5, 0.6) is 0 Å². The summed E-state index contributed by atoms with van der Waals surface area (Å²) in [7, 11) is 0. The molecule has 4 atom stereocenters. The minimum Gasteiger partial charge on any atom is -0.462 e. The molecule has 7 aliphatic rings. The van der Waals surface area contributed by atoms with Gasteiger partial charge in [0.25, 0.3) is 11.1 Å². The summed E-state index contributed by atoms with van der Waals surface area (Å²) in [5, 5.41) is 4.32. The van der Waals surface area contributed by atoms with Crippen molar-refractivity contribution in [3.63, 3.8) is 0 Å². The number of nitrogens with one attached hydrogen (secondary N) is 2. The number of imide groups is 2. The van der Waals surface area contributed by atoms with E-state index in [9.17, 15) is 47.9 Å². The van der Waals surface area contributed by atoms with Crippen LogP contribution in [-0.4, -0.2) is 122 Å². The number of fused-ring (bicyclic) bond motifs is 8. The SMILES string of the molecule is CCn1c(=O)nc2n(CCOC(=O)CN3C(=O)NC(=O)[C@@H]4[C@H]5C(=O)NC(=O)N(CC(=O)OCCn6c7nc(=O)n(CC)c(=O)c-7nc7cc(C)c(C)cc76)[C@H]5[C@@H]43)c3cc(C)c(C)cc3nc-2c1=O. The molecule has 68 heavy (non-hydrogen) atoms. The van der Waals surface area contributed by atoms with Crippen LogP contribution in [0.3, 0.4) is 0 Å². The topological polar surface area (TPSA) is 291 Å². The Hall–Kier alpha value is -8.18. The average Bonchev–Trinajstić information content (AvgIpc) is 3.26. The van der Waals surface area contributed by atoms with Crippen LogP contribution in [0.25, 0.3) is 45.1 Å². The molecule has 24 heteroatoms. The molecule has 2 aromatic carbocycles. The Morgan fingerprint density at radius 3 is 1.28 bits per heavy atom. The highest BCUT2D eigenvalue weighted by atomic mass is 16.5. The van der Waals surface area contributed by atoms with Gasteiger partial charge < -0.3 is 28.4 Å². The Morgan fingerprint density at radius 1 is 0.544 bits per heavy atom. The zero-order valence-electron chi connectivity index (χ0n) is 37.6. The van der Waals surface area contributed by atoms with E-state index in [0.29, 0.717) is 22.1 Å². The molecule has 0 bridgehead atoms. The largest absolute Gasteiger partial charge is 0.462 e. The smallest absolute Gasteiger partial charge is 0.352 e. The highest BCUT2D eigenvalue weighted by Crippen LogP contribution is 2.46. The molecular weight excluding hydrogens is 889 g/mol. The molecule has 1 aliphatic carbocycles. The number of aryl methyl sites for hydroxylation is 4. The predicted molar refractivity (Wildman–Crippen MR) is 237 cm³/mol. The summed E-state index contributed by atoms with van der Waals surface area (Å²) < 4.78 is 16.2. The first-order valence-corrected chi connectivity index (χ1v) is 21.8. The van der Waals surface area contributed by atoms with E-state index in [1.165, 1.54) is 0 Å². The number of benzene rings is 2. The minimum absolute atomic E-state index is 0.0201. The molecule has 2 N–H and O–H groups in total. The molecule has 24 nitrogen and oxygen atoms in total. The fraction of sp³-hybridized carbons (Fsp3) is 0.409. The number of carbonyl (C=O) groups is 6. The first kappa shape index (κ1) is 45.0. The average molecular weight is 933 g/mol. The van der Waals surface area contributed by atoms with E-state index < -0.39 is 95.3 Å². The van der Waals surface area contributed by atoms with Gasteiger partial charge >= 0.3 is 35.4 Å². The van der Waals surface area contributed by atoms with E-state index in [0.717, 1.165) is 41.2 Å². The molecule has 0 spiro atoms. The van der Waals surface area contributed by atoms with Crippen LogP contribution < -0.4 is 33.1 Å². The van der Waals surface area contributed by atoms with Crippen LogP contribution >= 0.6 is 0 Å². The van der Waals surface area contributed by atoms with Gasteiger partial charge in [-0.15, -0.1) is 0 Å². The van der Waals surface area contributed by atoms with Gasteiger partial charge in [0.2, 0.25) is 11.8 Å². The highest BCUT2D eigenvalue weighted by molar-refractivity contribution is 6.08. The summed E-state index contributed by atoms with van der Waals surface area (Å²) >= 11 is 0. The number of hydrogen-bond acceptors (Lipinski definition) is 16. The second-order valence-electron chi connectivity index (χ2n) is 16.9. The van der Waals surface area contributed by atoms with E-state index in [1.54, 1.807) is 47.2 Å². The van der Waals surface area contributed by atoms with Crippen molar-refractivity contribution in [3.05, 3.63) is 88.2 Å². The van der Waals surface area contributed by atoms with E-state index in [4.69, 9.17) is 9.47 Å². The van der Waals surface area contributed by atoms with Crippen LogP contribution in [0.1, 0.15) is 36.1 Å². The van der Waals surface area contributed by atoms with Crippen molar-refractivity contribution < 1.29 is 38.2 Å². The molecule has 2 aromatic rings. The Bertz CT molecular complexity index is 3170. The number of esters is 2. The van der Waals surface area contributed by atoms with Crippen molar-refractivity contribution in [2.75, 3.05) is 26.3 Å². The number of aromatic nitrogens is 8.